The van der Waals surface area contributed by atoms with E-state index in [4.69, 9.17) is 4.74 Å². The molecule has 5 rings (SSSR count). The smallest absolute Gasteiger partial charge is 0.262 e. The van der Waals surface area contributed by atoms with Gasteiger partial charge in [-0.2, -0.15) is 4.31 Å². The lowest BCUT2D eigenvalue weighted by Gasteiger charge is -2.38. The average molecular weight is 485 g/mol. The highest BCUT2D eigenvalue weighted by molar-refractivity contribution is 7.89. The Hall–Kier alpha value is -3.11. The standard InChI is InChI=1S/C24H28N4O5S/c1-17-14-19-21(33-16-23(29)25-19)15-22(17)34(31,32)28-9-5-8-20(28)24(30)27-12-10-26(11-13-27)18-6-3-2-4-7-18/h2-4,6-7,14-15,20H,5,8-13,16H2,1H3,(H,25,29)/t20-/m0/s1. The number of sulfonamides is 1. The van der Waals surface area contributed by atoms with E-state index in [1.165, 1.54) is 10.4 Å². The summed E-state index contributed by atoms with van der Waals surface area (Å²) >= 11 is 0. The molecule has 2 aromatic carbocycles. The van der Waals surface area contributed by atoms with Crippen molar-refractivity contribution in [3.05, 3.63) is 48.0 Å². The molecule has 0 unspecified atom stereocenters. The Balaban J connectivity index is 1.33. The summed E-state index contributed by atoms with van der Waals surface area (Å²) in [5.41, 5.74) is 2.08. The van der Waals surface area contributed by atoms with Crippen LogP contribution in [-0.2, 0) is 19.6 Å². The zero-order valence-electron chi connectivity index (χ0n) is 19.1. The predicted molar refractivity (Wildman–Crippen MR) is 127 cm³/mol. The molecule has 3 aliphatic rings. The van der Waals surface area contributed by atoms with Gasteiger partial charge < -0.3 is 19.9 Å². The Kier molecular flexibility index (Phi) is 5.95. The molecular weight excluding hydrogens is 456 g/mol. The van der Waals surface area contributed by atoms with Crippen molar-refractivity contribution in [3.8, 4) is 5.75 Å². The highest BCUT2D eigenvalue weighted by atomic mass is 32.2. The summed E-state index contributed by atoms with van der Waals surface area (Å²) < 4.78 is 34.1. The van der Waals surface area contributed by atoms with E-state index in [1.54, 1.807) is 17.9 Å². The molecule has 2 saturated heterocycles. The van der Waals surface area contributed by atoms with E-state index in [2.05, 4.69) is 22.3 Å². The van der Waals surface area contributed by atoms with E-state index in [1.807, 2.05) is 18.2 Å². The van der Waals surface area contributed by atoms with Gasteiger partial charge >= 0.3 is 0 Å². The third-order valence-corrected chi connectivity index (χ3v) is 8.75. The summed E-state index contributed by atoms with van der Waals surface area (Å²) in [6.45, 7) is 4.37. The first-order chi connectivity index (χ1) is 16.3. The Morgan fingerprint density at radius 3 is 2.53 bits per heavy atom. The lowest BCUT2D eigenvalue weighted by Crippen LogP contribution is -2.54. The Bertz CT molecular complexity index is 1210. The number of hydrogen-bond donors (Lipinski definition) is 1. The van der Waals surface area contributed by atoms with Crippen LogP contribution in [0.3, 0.4) is 0 Å². The highest BCUT2D eigenvalue weighted by Crippen LogP contribution is 2.36. The van der Waals surface area contributed by atoms with Crippen LogP contribution in [0.1, 0.15) is 18.4 Å². The number of fused-ring (bicyclic) bond motifs is 1. The van der Waals surface area contributed by atoms with Gasteiger partial charge in [0.25, 0.3) is 5.91 Å². The maximum Gasteiger partial charge on any atom is 0.262 e. The molecule has 0 spiro atoms. The maximum atomic E-state index is 13.6. The molecule has 180 valence electrons. The average Bonchev–Trinajstić information content (AvgIpc) is 3.35. The summed E-state index contributed by atoms with van der Waals surface area (Å²) in [6, 6.07) is 12.4. The van der Waals surface area contributed by atoms with Gasteiger partial charge in [-0.25, -0.2) is 8.42 Å². The molecule has 0 aliphatic carbocycles. The van der Waals surface area contributed by atoms with Gasteiger partial charge in [0, 0.05) is 44.5 Å². The fraction of sp³-hybridized carbons (Fsp3) is 0.417. The summed E-state index contributed by atoms with van der Waals surface area (Å²) in [6.07, 6.45) is 1.14. The predicted octanol–water partition coefficient (Wildman–Crippen LogP) is 1.83. The monoisotopic (exact) mass is 484 g/mol. The fourth-order valence-electron chi connectivity index (χ4n) is 4.93. The van der Waals surface area contributed by atoms with Crippen LogP contribution < -0.4 is 15.0 Å². The molecule has 1 N–H and O–H groups in total. The van der Waals surface area contributed by atoms with Gasteiger partial charge in [0.1, 0.15) is 11.8 Å². The van der Waals surface area contributed by atoms with Crippen molar-refractivity contribution >= 4 is 33.2 Å². The van der Waals surface area contributed by atoms with Crippen molar-refractivity contribution in [3.63, 3.8) is 0 Å². The molecular formula is C24H28N4O5S. The molecule has 2 aromatic rings. The number of benzene rings is 2. The zero-order chi connectivity index (χ0) is 23.9. The Morgan fingerprint density at radius 1 is 1.06 bits per heavy atom. The number of aryl methyl sites for hydroxylation is 1. The van der Waals surface area contributed by atoms with E-state index in [9.17, 15) is 18.0 Å². The number of carbonyl (C=O) groups is 2. The first-order valence-corrected chi connectivity index (χ1v) is 13.0. The third kappa shape index (κ3) is 4.12. The number of nitrogens with zero attached hydrogens (tertiary/aromatic N) is 3. The number of hydrogen-bond acceptors (Lipinski definition) is 6. The molecule has 34 heavy (non-hydrogen) atoms. The second kappa shape index (κ2) is 8.92. The number of amides is 2. The fourth-order valence-corrected chi connectivity index (χ4v) is 6.80. The molecule has 2 fully saturated rings. The number of piperazine rings is 1. The molecule has 1 atom stereocenters. The Morgan fingerprint density at radius 2 is 1.79 bits per heavy atom. The summed E-state index contributed by atoms with van der Waals surface area (Å²) in [4.78, 5) is 29.1. The van der Waals surface area contributed by atoms with Crippen molar-refractivity contribution in [2.24, 2.45) is 0 Å². The van der Waals surface area contributed by atoms with Crippen LogP contribution in [0.15, 0.2) is 47.4 Å². The SMILES string of the molecule is Cc1cc2c(cc1S(=O)(=O)N1CCC[C@H]1C(=O)N1CCN(c3ccccc3)CC1)OCC(=O)N2. The van der Waals surface area contributed by atoms with Crippen LogP contribution in [0, 0.1) is 6.92 Å². The lowest BCUT2D eigenvalue weighted by molar-refractivity contribution is -0.134. The molecule has 0 saturated carbocycles. The summed E-state index contributed by atoms with van der Waals surface area (Å²) in [7, 11) is -3.92. The van der Waals surface area contributed by atoms with Crippen molar-refractivity contribution in [2.75, 3.05) is 49.5 Å². The van der Waals surface area contributed by atoms with Crippen molar-refractivity contribution in [1.82, 2.24) is 9.21 Å². The van der Waals surface area contributed by atoms with Crippen LogP contribution in [0.2, 0.25) is 0 Å². The van der Waals surface area contributed by atoms with Crippen molar-refractivity contribution < 1.29 is 22.7 Å². The molecule has 3 heterocycles. The van der Waals surface area contributed by atoms with E-state index in [0.717, 1.165) is 5.69 Å². The normalized spacial score (nSPS) is 21.1. The lowest BCUT2D eigenvalue weighted by atomic mass is 10.1. The topological polar surface area (TPSA) is 99.3 Å². The molecule has 2 amide bonds. The summed E-state index contributed by atoms with van der Waals surface area (Å²) in [5, 5.41) is 2.70. The second-order valence-electron chi connectivity index (χ2n) is 8.87. The number of nitrogens with one attached hydrogen (secondary N) is 1. The van der Waals surface area contributed by atoms with E-state index < -0.39 is 16.1 Å². The summed E-state index contributed by atoms with van der Waals surface area (Å²) in [5.74, 6) is -0.0872. The second-order valence-corrected chi connectivity index (χ2v) is 10.7. The first kappa shape index (κ1) is 22.7. The molecule has 0 radical (unpaired) electrons. The highest BCUT2D eigenvalue weighted by Gasteiger charge is 2.42. The van der Waals surface area contributed by atoms with Crippen molar-refractivity contribution in [1.29, 1.82) is 0 Å². The number of ether oxygens (including phenoxy) is 1. The van der Waals surface area contributed by atoms with Crippen LogP contribution in [-0.4, -0.2) is 74.8 Å². The van der Waals surface area contributed by atoms with E-state index >= 15 is 0 Å². The number of para-hydroxylation sites is 1. The van der Waals surface area contributed by atoms with Crippen LogP contribution in [0.5, 0.6) is 5.75 Å². The van der Waals surface area contributed by atoms with Crippen LogP contribution >= 0.6 is 0 Å². The van der Waals surface area contributed by atoms with Gasteiger partial charge in [0.05, 0.1) is 10.6 Å². The molecule has 0 bridgehead atoms. The number of carbonyl (C=O) groups excluding carboxylic acids is 2. The molecule has 9 nitrogen and oxygen atoms in total. The minimum Gasteiger partial charge on any atom is -0.482 e. The maximum absolute atomic E-state index is 13.6. The van der Waals surface area contributed by atoms with Gasteiger partial charge in [0.2, 0.25) is 15.9 Å². The third-order valence-electron chi connectivity index (χ3n) is 6.70. The van der Waals surface area contributed by atoms with Gasteiger partial charge in [0.15, 0.2) is 6.61 Å². The number of rotatable bonds is 4. The first-order valence-electron chi connectivity index (χ1n) is 11.5. The Labute approximate surface area is 199 Å². The van der Waals surface area contributed by atoms with Crippen LogP contribution in [0.25, 0.3) is 0 Å². The largest absolute Gasteiger partial charge is 0.482 e. The molecule has 3 aliphatic heterocycles. The van der Waals surface area contributed by atoms with Crippen molar-refractivity contribution in [2.45, 2.75) is 30.7 Å². The van der Waals surface area contributed by atoms with Gasteiger partial charge in [-0.1, -0.05) is 18.2 Å². The quantitative estimate of drug-likeness (QED) is 0.711. The van der Waals surface area contributed by atoms with E-state index in [0.29, 0.717) is 62.6 Å². The zero-order valence-corrected chi connectivity index (χ0v) is 19.9. The molecule has 0 aromatic heterocycles. The minimum absolute atomic E-state index is 0.107. The van der Waals surface area contributed by atoms with E-state index in [-0.39, 0.29) is 23.3 Å². The number of anilines is 2. The van der Waals surface area contributed by atoms with Gasteiger partial charge in [-0.3, -0.25) is 9.59 Å². The van der Waals surface area contributed by atoms with Crippen LogP contribution in [0.4, 0.5) is 11.4 Å². The molecule has 10 heteroatoms. The van der Waals surface area contributed by atoms with Gasteiger partial charge in [-0.05, 0) is 43.5 Å². The minimum atomic E-state index is -3.92. The van der Waals surface area contributed by atoms with Gasteiger partial charge in [-0.15, -0.1) is 0 Å².